The summed E-state index contributed by atoms with van der Waals surface area (Å²) >= 11 is 1.44. The fourth-order valence-electron chi connectivity index (χ4n) is 3.06. The second-order valence-electron chi connectivity index (χ2n) is 6.46. The van der Waals surface area contributed by atoms with Crippen LogP contribution < -0.4 is 0 Å². The molecule has 1 aliphatic heterocycles. The highest BCUT2D eigenvalue weighted by Crippen LogP contribution is 2.26. The number of rotatable bonds is 4. The third-order valence-corrected chi connectivity index (χ3v) is 5.34. The number of furan rings is 1. The minimum absolute atomic E-state index is 0.0200. The van der Waals surface area contributed by atoms with Gasteiger partial charge in [0.15, 0.2) is 0 Å². The molecule has 0 spiro atoms. The maximum Gasteiger partial charge on any atom is 0.229 e. The Morgan fingerprint density at radius 1 is 1.30 bits per heavy atom. The molecule has 0 N–H and O–H groups in total. The Bertz CT molecular complexity index is 935. The Hall–Kier alpha value is -2.51. The molecule has 1 amide bonds. The van der Waals surface area contributed by atoms with Crippen molar-refractivity contribution >= 4 is 17.2 Å². The van der Waals surface area contributed by atoms with E-state index >= 15 is 0 Å². The number of nitrogens with zero attached hydrogens (tertiary/aromatic N) is 2. The highest BCUT2D eigenvalue weighted by Gasteiger charge is 2.27. The Labute approximate surface area is 160 Å². The zero-order valence-corrected chi connectivity index (χ0v) is 15.7. The van der Waals surface area contributed by atoms with E-state index in [1.54, 1.807) is 17.0 Å². The Morgan fingerprint density at radius 3 is 2.85 bits per heavy atom. The zero-order valence-electron chi connectivity index (χ0n) is 14.9. The lowest BCUT2D eigenvalue weighted by atomic mass is 10.2. The van der Waals surface area contributed by atoms with Crippen LogP contribution in [-0.4, -0.2) is 35.5 Å². The molecular weight excluding hydrogens is 367 g/mol. The number of carbonyl (C=O) groups is 1. The van der Waals surface area contributed by atoms with Crippen molar-refractivity contribution in [3.05, 3.63) is 64.1 Å². The molecule has 27 heavy (non-hydrogen) atoms. The number of carbonyl (C=O) groups excluding carboxylic acids is 1. The Balaban J connectivity index is 1.41. The average Bonchev–Trinajstić information content (AvgIpc) is 3.32. The van der Waals surface area contributed by atoms with Crippen LogP contribution in [0, 0.1) is 12.7 Å². The number of aromatic nitrogens is 1. The molecule has 140 valence electrons. The van der Waals surface area contributed by atoms with Crippen LogP contribution in [0.3, 0.4) is 0 Å². The van der Waals surface area contributed by atoms with Gasteiger partial charge in [-0.1, -0.05) is 0 Å². The third kappa shape index (κ3) is 4.09. The minimum Gasteiger partial charge on any atom is -0.464 e. The van der Waals surface area contributed by atoms with Gasteiger partial charge in [0.05, 0.1) is 25.3 Å². The standard InChI is InChI=1S/C20H19FN2O3S/c1-13-2-7-17(26-13)18-11-23(8-9-25-18)20(24)10-19-22-16(12-27-19)14-3-5-15(21)6-4-14/h2-7,12,18H,8-11H2,1H3. The quantitative estimate of drug-likeness (QED) is 0.680. The van der Waals surface area contributed by atoms with Crippen molar-refractivity contribution in [2.24, 2.45) is 0 Å². The van der Waals surface area contributed by atoms with Gasteiger partial charge in [0.1, 0.15) is 28.4 Å². The summed E-state index contributed by atoms with van der Waals surface area (Å²) in [7, 11) is 0. The average molecular weight is 386 g/mol. The predicted octanol–water partition coefficient (Wildman–Crippen LogP) is 3.99. The molecule has 3 aromatic rings. The van der Waals surface area contributed by atoms with Crippen molar-refractivity contribution in [3.8, 4) is 11.3 Å². The van der Waals surface area contributed by atoms with Crippen LogP contribution in [-0.2, 0) is 16.0 Å². The monoisotopic (exact) mass is 386 g/mol. The SMILES string of the molecule is Cc1ccc(C2CN(C(=O)Cc3nc(-c4ccc(F)cc4)cs3)CCO2)o1. The second kappa shape index (κ2) is 7.62. The summed E-state index contributed by atoms with van der Waals surface area (Å²) in [6.07, 6.45) is 0.0120. The minimum atomic E-state index is -0.280. The first-order valence-electron chi connectivity index (χ1n) is 8.74. The van der Waals surface area contributed by atoms with Gasteiger partial charge in [0, 0.05) is 17.5 Å². The maximum absolute atomic E-state index is 13.1. The van der Waals surface area contributed by atoms with Crippen LogP contribution in [0.25, 0.3) is 11.3 Å². The van der Waals surface area contributed by atoms with Crippen LogP contribution in [0.1, 0.15) is 22.6 Å². The molecule has 5 nitrogen and oxygen atoms in total. The van der Waals surface area contributed by atoms with Gasteiger partial charge in [0.25, 0.3) is 0 Å². The van der Waals surface area contributed by atoms with E-state index in [1.165, 1.54) is 23.5 Å². The van der Waals surface area contributed by atoms with Gasteiger partial charge in [-0.15, -0.1) is 11.3 Å². The van der Waals surface area contributed by atoms with Crippen LogP contribution in [0.2, 0.25) is 0 Å². The summed E-state index contributed by atoms with van der Waals surface area (Å²) in [6, 6.07) is 9.98. The predicted molar refractivity (Wildman–Crippen MR) is 99.9 cm³/mol. The first kappa shape index (κ1) is 17.9. The molecule has 0 radical (unpaired) electrons. The lowest BCUT2D eigenvalue weighted by Gasteiger charge is -2.31. The van der Waals surface area contributed by atoms with Crippen molar-refractivity contribution in [2.45, 2.75) is 19.4 Å². The van der Waals surface area contributed by atoms with E-state index in [1.807, 2.05) is 24.4 Å². The van der Waals surface area contributed by atoms with E-state index in [-0.39, 0.29) is 24.2 Å². The smallest absolute Gasteiger partial charge is 0.229 e. The number of ether oxygens (including phenoxy) is 1. The van der Waals surface area contributed by atoms with Crippen molar-refractivity contribution in [3.63, 3.8) is 0 Å². The van der Waals surface area contributed by atoms with Crippen molar-refractivity contribution in [2.75, 3.05) is 19.7 Å². The molecule has 2 aromatic heterocycles. The molecule has 0 aliphatic carbocycles. The number of morpholine rings is 1. The number of hydrogen-bond donors (Lipinski definition) is 0. The van der Waals surface area contributed by atoms with E-state index in [2.05, 4.69) is 4.98 Å². The van der Waals surface area contributed by atoms with Gasteiger partial charge >= 0.3 is 0 Å². The van der Waals surface area contributed by atoms with Crippen LogP contribution >= 0.6 is 11.3 Å². The summed E-state index contributed by atoms with van der Waals surface area (Å²) in [5.41, 5.74) is 1.60. The van der Waals surface area contributed by atoms with E-state index in [0.717, 1.165) is 27.8 Å². The zero-order chi connectivity index (χ0) is 18.8. The van der Waals surface area contributed by atoms with Gasteiger partial charge in [-0.05, 0) is 43.3 Å². The molecule has 1 saturated heterocycles. The Kier molecular flexibility index (Phi) is 5.05. The summed E-state index contributed by atoms with van der Waals surface area (Å²) in [4.78, 5) is 19.0. The summed E-state index contributed by atoms with van der Waals surface area (Å²) in [6.45, 7) is 3.40. The number of aryl methyl sites for hydroxylation is 1. The number of amides is 1. The van der Waals surface area contributed by atoms with Crippen molar-refractivity contribution in [1.82, 2.24) is 9.88 Å². The molecule has 1 fully saturated rings. The fraction of sp³-hybridized carbons (Fsp3) is 0.300. The summed E-state index contributed by atoms with van der Waals surface area (Å²) in [5.74, 6) is 1.32. The number of benzene rings is 1. The van der Waals surface area contributed by atoms with Gasteiger partial charge in [-0.3, -0.25) is 4.79 Å². The molecule has 7 heteroatoms. The lowest BCUT2D eigenvalue weighted by Crippen LogP contribution is -2.42. The normalized spacial score (nSPS) is 17.3. The van der Waals surface area contributed by atoms with E-state index in [4.69, 9.17) is 9.15 Å². The number of halogens is 1. The molecular formula is C20H19FN2O3S. The summed E-state index contributed by atoms with van der Waals surface area (Å²) < 4.78 is 24.4. The van der Waals surface area contributed by atoms with Crippen molar-refractivity contribution < 1.29 is 18.3 Å². The van der Waals surface area contributed by atoms with Gasteiger partial charge < -0.3 is 14.1 Å². The Morgan fingerprint density at radius 2 is 2.11 bits per heavy atom. The molecule has 1 aliphatic rings. The largest absolute Gasteiger partial charge is 0.464 e. The van der Waals surface area contributed by atoms with Gasteiger partial charge in [-0.25, -0.2) is 9.37 Å². The first-order valence-corrected chi connectivity index (χ1v) is 9.62. The highest BCUT2D eigenvalue weighted by molar-refractivity contribution is 7.10. The van der Waals surface area contributed by atoms with E-state index < -0.39 is 0 Å². The van der Waals surface area contributed by atoms with Gasteiger partial charge in [0.2, 0.25) is 5.91 Å². The van der Waals surface area contributed by atoms with Gasteiger partial charge in [-0.2, -0.15) is 0 Å². The molecule has 3 heterocycles. The fourth-order valence-corrected chi connectivity index (χ4v) is 3.86. The topological polar surface area (TPSA) is 55.6 Å². The van der Waals surface area contributed by atoms with Crippen LogP contribution in [0.15, 0.2) is 46.2 Å². The van der Waals surface area contributed by atoms with E-state index in [9.17, 15) is 9.18 Å². The summed E-state index contributed by atoms with van der Waals surface area (Å²) in [5, 5.41) is 2.64. The molecule has 1 aromatic carbocycles. The maximum atomic E-state index is 13.1. The molecule has 1 atom stereocenters. The van der Waals surface area contributed by atoms with Crippen molar-refractivity contribution in [1.29, 1.82) is 0 Å². The number of hydrogen-bond acceptors (Lipinski definition) is 5. The van der Waals surface area contributed by atoms with Crippen LogP contribution in [0.5, 0.6) is 0 Å². The molecule has 0 saturated carbocycles. The molecule has 0 bridgehead atoms. The third-order valence-electron chi connectivity index (χ3n) is 4.49. The first-order chi connectivity index (χ1) is 13.1. The van der Waals surface area contributed by atoms with Crippen LogP contribution in [0.4, 0.5) is 4.39 Å². The molecule has 1 unspecified atom stereocenters. The number of thiazole rings is 1. The second-order valence-corrected chi connectivity index (χ2v) is 7.40. The highest BCUT2D eigenvalue weighted by atomic mass is 32.1. The van der Waals surface area contributed by atoms with E-state index in [0.29, 0.717) is 19.7 Å². The molecule has 4 rings (SSSR count). The lowest BCUT2D eigenvalue weighted by molar-refractivity contribution is -0.138.